The lowest BCUT2D eigenvalue weighted by atomic mass is 10.1. The first kappa shape index (κ1) is 16.7. The van der Waals surface area contributed by atoms with Gasteiger partial charge in [-0.15, -0.1) is 0 Å². The summed E-state index contributed by atoms with van der Waals surface area (Å²) in [7, 11) is 0. The van der Waals surface area contributed by atoms with Gasteiger partial charge in [0.1, 0.15) is 17.0 Å². The number of hydrogen-bond donors (Lipinski definition) is 1. The van der Waals surface area contributed by atoms with Gasteiger partial charge in [-0.1, -0.05) is 50.9 Å². The molecule has 0 radical (unpaired) electrons. The summed E-state index contributed by atoms with van der Waals surface area (Å²) in [5.41, 5.74) is 3.28. The van der Waals surface area contributed by atoms with Crippen LogP contribution in [0.3, 0.4) is 0 Å². The van der Waals surface area contributed by atoms with Crippen molar-refractivity contribution >= 4 is 39.1 Å². The summed E-state index contributed by atoms with van der Waals surface area (Å²) in [5.74, 6) is 0.171. The average molecular weight is 406 g/mol. The van der Waals surface area contributed by atoms with Crippen molar-refractivity contribution in [3.8, 4) is 11.3 Å². The van der Waals surface area contributed by atoms with E-state index in [0.29, 0.717) is 27.7 Å². The van der Waals surface area contributed by atoms with Gasteiger partial charge < -0.3 is 9.84 Å². The van der Waals surface area contributed by atoms with E-state index in [2.05, 4.69) is 26.4 Å². The zero-order valence-electron chi connectivity index (χ0n) is 13.1. The highest BCUT2D eigenvalue weighted by Gasteiger charge is 2.22. The number of aryl methyl sites for hydroxylation is 2. The molecule has 1 aromatic heterocycles. The molecule has 1 amide bonds. The summed E-state index contributed by atoms with van der Waals surface area (Å²) < 4.78 is 6.14. The lowest BCUT2D eigenvalue weighted by Crippen LogP contribution is -2.13. The Bertz CT molecular complexity index is 921. The lowest BCUT2D eigenvalue weighted by molar-refractivity contribution is 0.102. The molecule has 0 spiro atoms. The second-order valence-electron chi connectivity index (χ2n) is 5.39. The first-order chi connectivity index (χ1) is 11.5. The van der Waals surface area contributed by atoms with Crippen molar-refractivity contribution < 1.29 is 9.32 Å². The van der Waals surface area contributed by atoms with Gasteiger partial charge in [0, 0.05) is 20.7 Å². The normalized spacial score (nSPS) is 10.7. The number of halogens is 2. The van der Waals surface area contributed by atoms with Gasteiger partial charge in [-0.2, -0.15) is 0 Å². The molecule has 0 fully saturated rings. The summed E-state index contributed by atoms with van der Waals surface area (Å²) in [5, 5.41) is 7.48. The fraction of sp³-hybridized carbons (Fsp3) is 0.111. The van der Waals surface area contributed by atoms with Crippen molar-refractivity contribution in [2.75, 3.05) is 5.32 Å². The number of carbonyl (C=O) groups is 1. The Morgan fingerprint density at radius 1 is 1.21 bits per heavy atom. The molecule has 122 valence electrons. The third-order valence-electron chi connectivity index (χ3n) is 3.62. The molecule has 1 N–H and O–H groups in total. The van der Waals surface area contributed by atoms with Gasteiger partial charge in [0.15, 0.2) is 0 Å². The lowest BCUT2D eigenvalue weighted by Gasteiger charge is -2.07. The topological polar surface area (TPSA) is 55.1 Å². The van der Waals surface area contributed by atoms with Gasteiger partial charge in [-0.3, -0.25) is 4.79 Å². The van der Waals surface area contributed by atoms with Crippen molar-refractivity contribution in [2.45, 2.75) is 13.8 Å². The molecule has 0 atom stereocenters. The number of nitrogens with zero attached hydrogens (tertiary/aromatic N) is 1. The van der Waals surface area contributed by atoms with Crippen LogP contribution in [-0.2, 0) is 0 Å². The molecule has 3 aromatic rings. The highest BCUT2D eigenvalue weighted by molar-refractivity contribution is 9.10. The van der Waals surface area contributed by atoms with Crippen LogP contribution in [0, 0.1) is 13.8 Å². The van der Waals surface area contributed by atoms with Crippen molar-refractivity contribution in [1.82, 2.24) is 5.16 Å². The van der Waals surface area contributed by atoms with Crippen LogP contribution in [0.5, 0.6) is 0 Å². The minimum Gasteiger partial charge on any atom is -0.360 e. The molecule has 3 rings (SSSR count). The molecule has 0 bridgehead atoms. The molecule has 2 aromatic carbocycles. The van der Waals surface area contributed by atoms with Crippen LogP contribution in [0.2, 0.25) is 5.02 Å². The van der Waals surface area contributed by atoms with E-state index in [9.17, 15) is 4.79 Å². The highest BCUT2D eigenvalue weighted by Crippen LogP contribution is 2.28. The van der Waals surface area contributed by atoms with E-state index >= 15 is 0 Å². The van der Waals surface area contributed by atoms with Crippen molar-refractivity contribution in [3.63, 3.8) is 0 Å². The van der Waals surface area contributed by atoms with E-state index in [1.165, 1.54) is 0 Å². The Morgan fingerprint density at radius 3 is 2.71 bits per heavy atom. The van der Waals surface area contributed by atoms with E-state index < -0.39 is 0 Å². The zero-order valence-corrected chi connectivity index (χ0v) is 15.4. The molecule has 0 aliphatic rings. The largest absolute Gasteiger partial charge is 0.360 e. The van der Waals surface area contributed by atoms with Crippen molar-refractivity contribution in [3.05, 3.63) is 68.8 Å². The summed E-state index contributed by atoms with van der Waals surface area (Å²) in [4.78, 5) is 12.7. The van der Waals surface area contributed by atoms with Gasteiger partial charge in [-0.05, 0) is 43.7 Å². The number of aromatic nitrogens is 1. The molecular weight excluding hydrogens is 392 g/mol. The number of hydrogen-bond acceptors (Lipinski definition) is 3. The Hall–Kier alpha value is -2.11. The standard InChI is InChI=1S/C18H14BrClN2O2/c1-10-6-7-14(9-15(10)20)21-18(23)16-11(2)24-22-17(16)12-4-3-5-13(19)8-12/h3-9H,1-2H3,(H,21,23). The molecule has 0 saturated carbocycles. The Labute approximate surface area is 152 Å². The van der Waals surface area contributed by atoms with Crippen LogP contribution in [-0.4, -0.2) is 11.1 Å². The second kappa shape index (κ2) is 6.79. The maximum absolute atomic E-state index is 12.7. The summed E-state index contributed by atoms with van der Waals surface area (Å²) in [6, 6.07) is 12.9. The van der Waals surface area contributed by atoms with E-state index in [1.807, 2.05) is 37.3 Å². The molecule has 0 saturated heterocycles. The summed E-state index contributed by atoms with van der Waals surface area (Å²) in [6.07, 6.45) is 0. The van der Waals surface area contributed by atoms with Gasteiger partial charge in [0.2, 0.25) is 0 Å². The van der Waals surface area contributed by atoms with Crippen LogP contribution in [0.1, 0.15) is 21.7 Å². The van der Waals surface area contributed by atoms with Gasteiger partial charge in [0.05, 0.1) is 0 Å². The third-order valence-corrected chi connectivity index (χ3v) is 4.52. The maximum Gasteiger partial charge on any atom is 0.261 e. The first-order valence-corrected chi connectivity index (χ1v) is 8.42. The molecule has 0 unspecified atom stereocenters. The molecule has 0 aliphatic heterocycles. The van der Waals surface area contributed by atoms with Gasteiger partial charge in [0.25, 0.3) is 5.91 Å². The van der Waals surface area contributed by atoms with E-state index in [-0.39, 0.29) is 5.91 Å². The Balaban J connectivity index is 1.95. The molecule has 6 heteroatoms. The average Bonchev–Trinajstić information content (AvgIpc) is 2.93. The molecular formula is C18H14BrClN2O2. The Morgan fingerprint density at radius 2 is 2.00 bits per heavy atom. The smallest absolute Gasteiger partial charge is 0.261 e. The summed E-state index contributed by atoms with van der Waals surface area (Å²) in [6.45, 7) is 3.62. The van der Waals surface area contributed by atoms with Crippen LogP contribution in [0.25, 0.3) is 11.3 Å². The van der Waals surface area contributed by atoms with Crippen LogP contribution in [0.15, 0.2) is 51.5 Å². The van der Waals surface area contributed by atoms with Crippen molar-refractivity contribution in [2.24, 2.45) is 0 Å². The van der Waals surface area contributed by atoms with Crippen LogP contribution >= 0.6 is 27.5 Å². The number of carbonyl (C=O) groups excluding carboxylic acids is 1. The number of rotatable bonds is 3. The van der Waals surface area contributed by atoms with E-state index in [1.54, 1.807) is 19.1 Å². The number of benzene rings is 2. The third kappa shape index (κ3) is 3.37. The number of nitrogens with one attached hydrogen (secondary N) is 1. The minimum atomic E-state index is -0.288. The number of anilines is 1. The fourth-order valence-electron chi connectivity index (χ4n) is 2.34. The van der Waals surface area contributed by atoms with E-state index in [0.717, 1.165) is 15.6 Å². The SMILES string of the molecule is Cc1ccc(NC(=O)c2c(-c3cccc(Br)c3)noc2C)cc1Cl. The fourth-order valence-corrected chi connectivity index (χ4v) is 2.92. The summed E-state index contributed by atoms with van der Waals surface area (Å²) >= 11 is 9.53. The number of amides is 1. The predicted octanol–water partition coefficient (Wildman–Crippen LogP) is 5.63. The minimum absolute atomic E-state index is 0.288. The maximum atomic E-state index is 12.7. The predicted molar refractivity (Wildman–Crippen MR) is 98.5 cm³/mol. The van der Waals surface area contributed by atoms with Crippen molar-refractivity contribution in [1.29, 1.82) is 0 Å². The Kier molecular flexibility index (Phi) is 4.73. The first-order valence-electron chi connectivity index (χ1n) is 7.25. The van der Waals surface area contributed by atoms with E-state index in [4.69, 9.17) is 16.1 Å². The van der Waals surface area contributed by atoms with Gasteiger partial charge >= 0.3 is 0 Å². The quantitative estimate of drug-likeness (QED) is 0.614. The van der Waals surface area contributed by atoms with Gasteiger partial charge in [-0.25, -0.2) is 0 Å². The molecule has 1 heterocycles. The van der Waals surface area contributed by atoms with Crippen LogP contribution < -0.4 is 5.32 Å². The monoisotopic (exact) mass is 404 g/mol. The van der Waals surface area contributed by atoms with Crippen LogP contribution in [0.4, 0.5) is 5.69 Å². The molecule has 24 heavy (non-hydrogen) atoms. The molecule has 4 nitrogen and oxygen atoms in total. The molecule has 0 aliphatic carbocycles. The zero-order chi connectivity index (χ0) is 17.3. The highest BCUT2D eigenvalue weighted by atomic mass is 79.9. The second-order valence-corrected chi connectivity index (χ2v) is 6.71.